The van der Waals surface area contributed by atoms with Crippen LogP contribution in [0, 0.1) is 11.8 Å². The van der Waals surface area contributed by atoms with Crippen LogP contribution < -0.4 is 20.5 Å². The second-order valence-electron chi connectivity index (χ2n) is 6.54. The average molecular weight is 318 g/mol. The third kappa shape index (κ3) is 3.29. The summed E-state index contributed by atoms with van der Waals surface area (Å²) in [6.07, 6.45) is 4.07. The van der Waals surface area contributed by atoms with Gasteiger partial charge in [-0.15, -0.1) is 0 Å². The van der Waals surface area contributed by atoms with E-state index in [9.17, 15) is 4.79 Å². The van der Waals surface area contributed by atoms with E-state index in [1.807, 2.05) is 26.0 Å². The smallest absolute Gasteiger partial charge is 0.227 e. The lowest BCUT2D eigenvalue weighted by Gasteiger charge is -2.19. The second-order valence-corrected chi connectivity index (χ2v) is 6.54. The van der Waals surface area contributed by atoms with E-state index in [1.54, 1.807) is 0 Å². The predicted octanol–water partition coefficient (Wildman–Crippen LogP) is 2.72. The molecular weight excluding hydrogens is 292 g/mol. The van der Waals surface area contributed by atoms with E-state index in [0.717, 1.165) is 42.7 Å². The lowest BCUT2D eigenvalue weighted by atomic mass is 9.95. The van der Waals surface area contributed by atoms with Crippen LogP contribution in [-0.2, 0) is 11.2 Å². The van der Waals surface area contributed by atoms with E-state index in [1.165, 1.54) is 0 Å². The zero-order chi connectivity index (χ0) is 16.4. The number of carbonyl (C=O) groups is 1. The maximum Gasteiger partial charge on any atom is 0.227 e. The number of hydrogen-bond donors (Lipinski definition) is 2. The Balaban J connectivity index is 1.81. The summed E-state index contributed by atoms with van der Waals surface area (Å²) in [5, 5.41) is 3.05. The summed E-state index contributed by atoms with van der Waals surface area (Å²) in [6.45, 7) is 5.12. The number of hydrogen-bond acceptors (Lipinski definition) is 4. The number of amides is 1. The Morgan fingerprint density at radius 1 is 1.43 bits per heavy atom. The molecule has 0 saturated heterocycles. The first-order valence-corrected chi connectivity index (χ1v) is 8.59. The van der Waals surface area contributed by atoms with Crippen molar-refractivity contribution in [3.05, 3.63) is 17.7 Å². The maximum absolute atomic E-state index is 12.6. The largest absolute Gasteiger partial charge is 0.492 e. The van der Waals surface area contributed by atoms with E-state index < -0.39 is 0 Å². The number of rotatable bonds is 5. The standard InChI is InChI=1S/C18H26N2O3/c1-3-22-17-8-13-7-11(2)23-16(13)9-15(17)20-18(21)14-6-4-5-12(14)10-19/h8-9,11-12,14H,3-7,10,19H2,1-2H3,(H,20,21)/t11?,12-,14-/m1/s1. The van der Waals surface area contributed by atoms with Gasteiger partial charge in [-0.1, -0.05) is 6.42 Å². The summed E-state index contributed by atoms with van der Waals surface area (Å²) in [7, 11) is 0. The van der Waals surface area contributed by atoms with Crippen LogP contribution in [0.3, 0.4) is 0 Å². The molecule has 1 saturated carbocycles. The molecule has 0 spiro atoms. The molecule has 0 aromatic heterocycles. The fraction of sp³-hybridized carbons (Fsp3) is 0.611. The highest BCUT2D eigenvalue weighted by Gasteiger charge is 2.32. The average Bonchev–Trinajstić information content (AvgIpc) is 3.12. The van der Waals surface area contributed by atoms with Crippen LogP contribution in [0.4, 0.5) is 5.69 Å². The Morgan fingerprint density at radius 2 is 2.26 bits per heavy atom. The number of benzene rings is 1. The molecule has 3 rings (SSSR count). The second kappa shape index (κ2) is 6.79. The van der Waals surface area contributed by atoms with Crippen molar-refractivity contribution in [2.45, 2.75) is 45.6 Å². The first-order chi connectivity index (χ1) is 11.1. The Hall–Kier alpha value is -1.75. The number of nitrogens with one attached hydrogen (secondary N) is 1. The van der Waals surface area contributed by atoms with Crippen molar-refractivity contribution in [1.29, 1.82) is 0 Å². The summed E-state index contributed by atoms with van der Waals surface area (Å²) in [5.41, 5.74) is 7.64. The third-order valence-electron chi connectivity index (χ3n) is 4.85. The van der Waals surface area contributed by atoms with E-state index in [-0.39, 0.29) is 23.8 Å². The highest BCUT2D eigenvalue weighted by molar-refractivity contribution is 5.94. The van der Waals surface area contributed by atoms with Crippen LogP contribution in [0.25, 0.3) is 0 Å². The molecule has 0 bridgehead atoms. The van der Waals surface area contributed by atoms with Crippen molar-refractivity contribution in [1.82, 2.24) is 0 Å². The van der Waals surface area contributed by atoms with E-state index >= 15 is 0 Å². The molecule has 5 nitrogen and oxygen atoms in total. The van der Waals surface area contributed by atoms with Gasteiger partial charge in [-0.25, -0.2) is 0 Å². The predicted molar refractivity (Wildman–Crippen MR) is 89.9 cm³/mol. The molecule has 1 aromatic carbocycles. The number of carbonyl (C=O) groups excluding carboxylic acids is 1. The Labute approximate surface area is 137 Å². The van der Waals surface area contributed by atoms with Gasteiger partial charge in [-0.2, -0.15) is 0 Å². The molecule has 1 fully saturated rings. The van der Waals surface area contributed by atoms with Crippen molar-refractivity contribution in [3.8, 4) is 11.5 Å². The molecule has 3 atom stereocenters. The number of anilines is 1. The summed E-state index contributed by atoms with van der Waals surface area (Å²) in [5.74, 6) is 1.90. The molecule has 1 heterocycles. The van der Waals surface area contributed by atoms with Crippen LogP contribution >= 0.6 is 0 Å². The van der Waals surface area contributed by atoms with Gasteiger partial charge in [-0.05, 0) is 45.2 Å². The van der Waals surface area contributed by atoms with Gasteiger partial charge >= 0.3 is 0 Å². The highest BCUT2D eigenvalue weighted by atomic mass is 16.5. The van der Waals surface area contributed by atoms with Crippen LogP contribution in [0.15, 0.2) is 12.1 Å². The van der Waals surface area contributed by atoms with Crippen LogP contribution in [0.5, 0.6) is 11.5 Å². The molecule has 3 N–H and O–H groups in total. The Morgan fingerprint density at radius 3 is 3.00 bits per heavy atom. The topological polar surface area (TPSA) is 73.6 Å². The molecule has 126 valence electrons. The first kappa shape index (κ1) is 16.1. The fourth-order valence-electron chi connectivity index (χ4n) is 3.70. The lowest BCUT2D eigenvalue weighted by Crippen LogP contribution is -2.29. The van der Waals surface area contributed by atoms with Crippen molar-refractivity contribution in [3.63, 3.8) is 0 Å². The quantitative estimate of drug-likeness (QED) is 0.875. The van der Waals surface area contributed by atoms with Crippen molar-refractivity contribution in [2.24, 2.45) is 17.6 Å². The SMILES string of the molecule is CCOc1cc2c(cc1NC(=O)[C@@H]1CCC[C@@H]1CN)OC(C)C2. The number of fused-ring (bicyclic) bond motifs is 1. The Kier molecular flexibility index (Phi) is 4.76. The van der Waals surface area contributed by atoms with Gasteiger partial charge in [0.1, 0.15) is 17.6 Å². The summed E-state index contributed by atoms with van der Waals surface area (Å²) in [6, 6.07) is 3.89. The normalized spacial score (nSPS) is 25.8. The Bertz CT molecular complexity index is 588. The van der Waals surface area contributed by atoms with Gasteiger partial charge in [0, 0.05) is 24.0 Å². The minimum absolute atomic E-state index is 0.00238. The molecule has 1 aliphatic heterocycles. The van der Waals surface area contributed by atoms with Crippen molar-refractivity contribution < 1.29 is 14.3 Å². The molecule has 5 heteroatoms. The van der Waals surface area contributed by atoms with E-state index in [4.69, 9.17) is 15.2 Å². The molecule has 1 amide bonds. The molecule has 0 radical (unpaired) electrons. The maximum atomic E-state index is 12.6. The lowest BCUT2D eigenvalue weighted by molar-refractivity contribution is -0.120. The fourth-order valence-corrected chi connectivity index (χ4v) is 3.70. The minimum Gasteiger partial charge on any atom is -0.492 e. The number of ether oxygens (including phenoxy) is 2. The van der Waals surface area contributed by atoms with Gasteiger partial charge in [0.05, 0.1) is 12.3 Å². The van der Waals surface area contributed by atoms with Gasteiger partial charge in [0.15, 0.2) is 0 Å². The first-order valence-electron chi connectivity index (χ1n) is 8.59. The molecule has 1 aliphatic carbocycles. The zero-order valence-corrected chi connectivity index (χ0v) is 13.9. The van der Waals surface area contributed by atoms with Crippen molar-refractivity contribution >= 4 is 11.6 Å². The minimum atomic E-state index is 0.00238. The van der Waals surface area contributed by atoms with Crippen molar-refractivity contribution in [2.75, 3.05) is 18.5 Å². The third-order valence-corrected chi connectivity index (χ3v) is 4.85. The van der Waals surface area contributed by atoms with Gasteiger partial charge in [-0.3, -0.25) is 4.79 Å². The summed E-state index contributed by atoms with van der Waals surface area (Å²) < 4.78 is 11.5. The molecule has 1 aromatic rings. The van der Waals surface area contributed by atoms with Crippen LogP contribution in [-0.4, -0.2) is 25.2 Å². The van der Waals surface area contributed by atoms with Gasteiger partial charge in [0.2, 0.25) is 5.91 Å². The zero-order valence-electron chi connectivity index (χ0n) is 13.9. The summed E-state index contributed by atoms with van der Waals surface area (Å²) >= 11 is 0. The monoisotopic (exact) mass is 318 g/mol. The molecule has 23 heavy (non-hydrogen) atoms. The van der Waals surface area contributed by atoms with Gasteiger partial charge in [0.25, 0.3) is 0 Å². The van der Waals surface area contributed by atoms with Gasteiger partial charge < -0.3 is 20.5 Å². The number of nitrogens with two attached hydrogens (primary N) is 1. The molecule has 2 aliphatic rings. The van der Waals surface area contributed by atoms with E-state index in [2.05, 4.69) is 5.32 Å². The highest BCUT2D eigenvalue weighted by Crippen LogP contribution is 2.39. The summed E-state index contributed by atoms with van der Waals surface area (Å²) in [4.78, 5) is 12.6. The van der Waals surface area contributed by atoms with Crippen LogP contribution in [0.1, 0.15) is 38.7 Å². The van der Waals surface area contributed by atoms with Crippen LogP contribution in [0.2, 0.25) is 0 Å². The van der Waals surface area contributed by atoms with E-state index in [0.29, 0.717) is 18.8 Å². The molecule has 1 unspecified atom stereocenters. The molecular formula is C18H26N2O3.